The summed E-state index contributed by atoms with van der Waals surface area (Å²) in [6, 6.07) is 4.31. The van der Waals surface area contributed by atoms with Gasteiger partial charge in [0.25, 0.3) is 5.91 Å². The number of alkyl halides is 3. The predicted octanol–water partition coefficient (Wildman–Crippen LogP) is 3.05. The van der Waals surface area contributed by atoms with Crippen molar-refractivity contribution in [3.05, 3.63) is 46.5 Å². The molecule has 8 heteroatoms. The van der Waals surface area contributed by atoms with Crippen molar-refractivity contribution in [3.63, 3.8) is 0 Å². The molecule has 1 aromatic heterocycles. The van der Waals surface area contributed by atoms with Crippen LogP contribution in [-0.2, 0) is 6.18 Å². The van der Waals surface area contributed by atoms with Gasteiger partial charge >= 0.3 is 6.18 Å². The van der Waals surface area contributed by atoms with Gasteiger partial charge in [0.2, 0.25) is 0 Å². The number of rotatable bonds is 3. The summed E-state index contributed by atoms with van der Waals surface area (Å²) >= 11 is 0.922. The number of hydrogen-bond donors (Lipinski definition) is 1. The Balaban J connectivity index is 2.13. The van der Waals surface area contributed by atoms with Gasteiger partial charge in [-0.1, -0.05) is 16.6 Å². The summed E-state index contributed by atoms with van der Waals surface area (Å²) in [7, 11) is 0. The lowest BCUT2D eigenvalue weighted by Gasteiger charge is -2.15. The first kappa shape index (κ1) is 14.4. The number of halogens is 3. The minimum absolute atomic E-state index is 0.309. The largest absolute Gasteiger partial charge is 0.416 e. The zero-order chi connectivity index (χ0) is 14.8. The van der Waals surface area contributed by atoms with Crippen molar-refractivity contribution in [2.45, 2.75) is 19.1 Å². The van der Waals surface area contributed by atoms with Crippen LogP contribution in [0.25, 0.3) is 0 Å². The molecule has 0 radical (unpaired) electrons. The van der Waals surface area contributed by atoms with E-state index in [1.54, 1.807) is 6.92 Å². The van der Waals surface area contributed by atoms with E-state index in [0.717, 1.165) is 23.7 Å². The molecule has 2 aromatic rings. The van der Waals surface area contributed by atoms with Gasteiger partial charge in [-0.25, -0.2) is 0 Å². The first-order chi connectivity index (χ1) is 9.38. The number of hydrogen-bond acceptors (Lipinski definition) is 4. The zero-order valence-electron chi connectivity index (χ0n) is 10.3. The molecule has 2 rings (SSSR count). The van der Waals surface area contributed by atoms with Crippen molar-refractivity contribution in [2.24, 2.45) is 0 Å². The number of aromatic nitrogens is 2. The summed E-state index contributed by atoms with van der Waals surface area (Å²) in [5.41, 5.74) is -0.360. The summed E-state index contributed by atoms with van der Waals surface area (Å²) in [6.07, 6.45) is -3.10. The summed E-state index contributed by atoms with van der Waals surface area (Å²) in [5.74, 6) is -0.412. The van der Waals surface area contributed by atoms with Crippen LogP contribution in [0.4, 0.5) is 13.2 Å². The highest BCUT2D eigenvalue weighted by molar-refractivity contribution is 7.07. The lowest BCUT2D eigenvalue weighted by atomic mass is 10.0. The normalized spacial score (nSPS) is 13.0. The molecule has 0 spiro atoms. The SMILES string of the molecule is C[C@@H](NC(=O)c1cnns1)c1cccc(C(F)(F)F)c1. The fourth-order valence-electron chi connectivity index (χ4n) is 1.60. The molecule has 1 N–H and O–H groups in total. The lowest BCUT2D eigenvalue weighted by Crippen LogP contribution is -2.26. The monoisotopic (exact) mass is 301 g/mol. The molecule has 0 aliphatic rings. The topological polar surface area (TPSA) is 54.9 Å². The van der Waals surface area contributed by atoms with Gasteiger partial charge in [-0.05, 0) is 36.2 Å². The van der Waals surface area contributed by atoms with Gasteiger partial charge in [0.05, 0.1) is 17.8 Å². The highest BCUT2D eigenvalue weighted by Crippen LogP contribution is 2.30. The van der Waals surface area contributed by atoms with Gasteiger partial charge in [0.1, 0.15) is 4.88 Å². The predicted molar refractivity (Wildman–Crippen MR) is 67.2 cm³/mol. The maximum atomic E-state index is 12.6. The van der Waals surface area contributed by atoms with E-state index in [4.69, 9.17) is 0 Å². The maximum absolute atomic E-state index is 12.6. The molecule has 0 fully saturated rings. The number of nitrogens with one attached hydrogen (secondary N) is 1. The van der Waals surface area contributed by atoms with Crippen LogP contribution in [0.3, 0.4) is 0 Å². The number of carbonyl (C=O) groups is 1. The fraction of sp³-hybridized carbons (Fsp3) is 0.250. The molecule has 1 amide bonds. The molecule has 1 heterocycles. The van der Waals surface area contributed by atoms with Gasteiger partial charge < -0.3 is 5.32 Å². The fourth-order valence-corrected chi connectivity index (χ4v) is 2.02. The molecule has 1 atom stereocenters. The van der Waals surface area contributed by atoms with Crippen LogP contribution in [0, 0.1) is 0 Å². The summed E-state index contributed by atoms with van der Waals surface area (Å²) in [6.45, 7) is 1.61. The molecular formula is C12H10F3N3OS. The van der Waals surface area contributed by atoms with E-state index in [-0.39, 0.29) is 0 Å². The molecule has 0 bridgehead atoms. The third-order valence-electron chi connectivity index (χ3n) is 2.65. The van der Waals surface area contributed by atoms with Gasteiger partial charge in [0, 0.05) is 0 Å². The Morgan fingerprint density at radius 3 is 2.75 bits per heavy atom. The van der Waals surface area contributed by atoms with Crippen LogP contribution in [-0.4, -0.2) is 15.5 Å². The molecule has 0 aliphatic heterocycles. The van der Waals surface area contributed by atoms with Gasteiger partial charge in [0.15, 0.2) is 0 Å². The highest BCUT2D eigenvalue weighted by atomic mass is 32.1. The van der Waals surface area contributed by atoms with Crippen molar-refractivity contribution in [2.75, 3.05) is 0 Å². The van der Waals surface area contributed by atoms with Crippen LogP contribution in [0.2, 0.25) is 0 Å². The molecule has 4 nitrogen and oxygen atoms in total. The smallest absolute Gasteiger partial charge is 0.345 e. The van der Waals surface area contributed by atoms with E-state index in [1.807, 2.05) is 0 Å². The molecule has 0 unspecified atom stereocenters. The zero-order valence-corrected chi connectivity index (χ0v) is 11.1. The Kier molecular flexibility index (Phi) is 4.03. The summed E-state index contributed by atoms with van der Waals surface area (Å²) in [4.78, 5) is 12.1. The Morgan fingerprint density at radius 2 is 2.15 bits per heavy atom. The van der Waals surface area contributed by atoms with Crippen molar-refractivity contribution in [3.8, 4) is 0 Å². The minimum Gasteiger partial charge on any atom is -0.345 e. The second kappa shape index (κ2) is 5.58. The third kappa shape index (κ3) is 3.32. The number of carbonyl (C=O) groups excluding carboxylic acids is 1. The Labute approximate surface area is 116 Å². The Morgan fingerprint density at radius 1 is 1.40 bits per heavy atom. The molecule has 20 heavy (non-hydrogen) atoms. The summed E-state index contributed by atoms with van der Waals surface area (Å²) < 4.78 is 41.4. The number of benzene rings is 1. The van der Waals surface area contributed by atoms with E-state index in [1.165, 1.54) is 18.3 Å². The van der Waals surface area contributed by atoms with Crippen LogP contribution >= 0.6 is 11.5 Å². The van der Waals surface area contributed by atoms with Crippen LogP contribution in [0.5, 0.6) is 0 Å². The van der Waals surface area contributed by atoms with Crippen molar-refractivity contribution < 1.29 is 18.0 Å². The van der Waals surface area contributed by atoms with E-state index in [2.05, 4.69) is 14.9 Å². The van der Waals surface area contributed by atoms with Crippen LogP contribution < -0.4 is 5.32 Å². The standard InChI is InChI=1S/C12H10F3N3OS/c1-7(17-11(19)10-6-16-18-20-10)8-3-2-4-9(5-8)12(13,14)15/h2-7H,1H3,(H,17,19)/t7-/m1/s1. The van der Waals surface area contributed by atoms with Gasteiger partial charge in [-0.15, -0.1) is 5.10 Å². The lowest BCUT2D eigenvalue weighted by molar-refractivity contribution is -0.137. The van der Waals surface area contributed by atoms with E-state index in [0.29, 0.717) is 10.4 Å². The van der Waals surface area contributed by atoms with Gasteiger partial charge in [-0.2, -0.15) is 13.2 Å². The second-order valence-corrected chi connectivity index (χ2v) is 4.89. The first-order valence-electron chi connectivity index (χ1n) is 5.63. The second-order valence-electron chi connectivity index (χ2n) is 4.10. The molecule has 106 valence electrons. The highest BCUT2D eigenvalue weighted by Gasteiger charge is 2.30. The first-order valence-corrected chi connectivity index (χ1v) is 6.40. The molecule has 0 saturated carbocycles. The molecule has 0 aliphatic carbocycles. The average molecular weight is 301 g/mol. The molecular weight excluding hydrogens is 291 g/mol. The minimum atomic E-state index is -4.40. The molecule has 0 saturated heterocycles. The van der Waals surface area contributed by atoms with E-state index >= 15 is 0 Å². The number of nitrogens with zero attached hydrogens (tertiary/aromatic N) is 2. The van der Waals surface area contributed by atoms with Crippen molar-refractivity contribution >= 4 is 17.4 Å². The maximum Gasteiger partial charge on any atom is 0.416 e. The number of amides is 1. The van der Waals surface area contributed by atoms with Crippen LogP contribution in [0.15, 0.2) is 30.5 Å². The Hall–Kier alpha value is -1.96. The molecule has 1 aromatic carbocycles. The van der Waals surface area contributed by atoms with Gasteiger partial charge in [-0.3, -0.25) is 4.79 Å². The third-order valence-corrected chi connectivity index (χ3v) is 3.31. The summed E-state index contributed by atoms with van der Waals surface area (Å²) in [5, 5.41) is 6.13. The van der Waals surface area contributed by atoms with Crippen molar-refractivity contribution in [1.29, 1.82) is 0 Å². The quantitative estimate of drug-likeness (QED) is 0.948. The average Bonchev–Trinajstić information content (AvgIpc) is 2.91. The van der Waals surface area contributed by atoms with Crippen LogP contribution in [0.1, 0.15) is 33.8 Å². The Bertz CT molecular complexity index is 598. The van der Waals surface area contributed by atoms with E-state index in [9.17, 15) is 18.0 Å². The van der Waals surface area contributed by atoms with E-state index < -0.39 is 23.7 Å². The van der Waals surface area contributed by atoms with Crippen molar-refractivity contribution in [1.82, 2.24) is 14.9 Å².